The predicted molar refractivity (Wildman–Crippen MR) is 206 cm³/mol. The van der Waals surface area contributed by atoms with E-state index in [9.17, 15) is 9.59 Å². The summed E-state index contributed by atoms with van der Waals surface area (Å²) in [5.74, 6) is 1.17. The molecule has 4 aromatic carbocycles. The molecule has 0 bridgehead atoms. The summed E-state index contributed by atoms with van der Waals surface area (Å²) >= 11 is 0. The summed E-state index contributed by atoms with van der Waals surface area (Å²) in [7, 11) is -4.59. The quantitative estimate of drug-likeness (QED) is 0.192. The Bertz CT molecular complexity index is 1980. The molecular formula is C42H46O4Si2. The van der Waals surface area contributed by atoms with Crippen LogP contribution in [-0.2, 0) is 9.59 Å². The van der Waals surface area contributed by atoms with Crippen LogP contribution in [0, 0.1) is 0 Å². The molecule has 246 valence electrons. The van der Waals surface area contributed by atoms with Gasteiger partial charge in [-0.25, -0.2) is 0 Å². The SMILES string of the molecule is CC(C)(C)[Si](C)(C)Oc1ccc2ccccc2c1C1=C2C=CC(=O)C(c3c(O[Si](C)(C)C(C)(C)C)ccc4ccccc34)=C2C=CC1=O. The fourth-order valence-electron chi connectivity index (χ4n) is 5.93. The molecule has 0 saturated heterocycles. The molecule has 6 rings (SSSR count). The Morgan fingerprint density at radius 1 is 0.479 bits per heavy atom. The van der Waals surface area contributed by atoms with Crippen LogP contribution in [0.2, 0.25) is 36.3 Å². The molecule has 4 aromatic rings. The summed E-state index contributed by atoms with van der Waals surface area (Å²) in [4.78, 5) is 28.3. The average molecular weight is 671 g/mol. The van der Waals surface area contributed by atoms with Crippen LogP contribution in [0.4, 0.5) is 0 Å². The standard InChI is InChI=1S/C42H46O4Si2/c1-41(2,3)47(7,8)45-35-25-19-27-15-11-13-17-29(27)39(35)37-31-21-24-34(44)38(32(31)22-23-33(37)43)40-30-18-14-12-16-28(30)20-26-36(40)46-48(9,10)42(4,5)6/h11-26H,1-10H3. The number of hydrogen-bond acceptors (Lipinski definition) is 4. The lowest BCUT2D eigenvalue weighted by atomic mass is 9.78. The average Bonchev–Trinajstić information content (AvgIpc) is 3.00. The van der Waals surface area contributed by atoms with Crippen molar-refractivity contribution in [2.24, 2.45) is 0 Å². The zero-order chi connectivity index (χ0) is 34.8. The van der Waals surface area contributed by atoms with Crippen LogP contribution in [0.3, 0.4) is 0 Å². The zero-order valence-electron chi connectivity index (χ0n) is 29.9. The van der Waals surface area contributed by atoms with E-state index in [-0.39, 0.29) is 21.6 Å². The van der Waals surface area contributed by atoms with E-state index in [1.165, 1.54) is 0 Å². The van der Waals surface area contributed by atoms with E-state index in [1.807, 2.05) is 48.6 Å². The minimum absolute atomic E-state index is 0.0471. The van der Waals surface area contributed by atoms with Gasteiger partial charge in [0.05, 0.1) is 0 Å². The maximum atomic E-state index is 14.2. The van der Waals surface area contributed by atoms with Gasteiger partial charge in [-0.3, -0.25) is 9.59 Å². The Kier molecular flexibility index (Phi) is 8.20. The van der Waals surface area contributed by atoms with Crippen LogP contribution in [0.5, 0.6) is 11.5 Å². The van der Waals surface area contributed by atoms with Crippen molar-refractivity contribution in [3.63, 3.8) is 0 Å². The smallest absolute Gasteiger partial charge is 0.250 e. The number of fused-ring (bicyclic) bond motifs is 3. The summed E-state index contributed by atoms with van der Waals surface area (Å²) in [6.45, 7) is 22.2. The van der Waals surface area contributed by atoms with Crippen LogP contribution in [0.15, 0.2) is 108 Å². The van der Waals surface area contributed by atoms with E-state index < -0.39 is 16.6 Å². The molecule has 2 aliphatic carbocycles. The highest BCUT2D eigenvalue weighted by Gasteiger charge is 2.42. The lowest BCUT2D eigenvalue weighted by Gasteiger charge is -2.38. The number of carbonyl (C=O) groups excluding carboxylic acids is 2. The lowest BCUT2D eigenvalue weighted by Crippen LogP contribution is -2.44. The Labute approximate surface area is 287 Å². The van der Waals surface area contributed by atoms with Crippen molar-refractivity contribution in [2.45, 2.75) is 77.8 Å². The van der Waals surface area contributed by atoms with Gasteiger partial charge in [0.25, 0.3) is 16.6 Å². The first-order valence-corrected chi connectivity index (χ1v) is 22.6. The van der Waals surface area contributed by atoms with Crippen molar-refractivity contribution in [1.82, 2.24) is 0 Å². The molecule has 2 aliphatic rings. The minimum Gasteiger partial charge on any atom is -0.543 e. The zero-order valence-corrected chi connectivity index (χ0v) is 31.9. The van der Waals surface area contributed by atoms with Gasteiger partial charge in [-0.2, -0.15) is 0 Å². The topological polar surface area (TPSA) is 52.6 Å². The summed E-state index contributed by atoms with van der Waals surface area (Å²) in [6, 6.07) is 24.4. The Morgan fingerprint density at radius 3 is 1.19 bits per heavy atom. The number of hydrogen-bond donors (Lipinski definition) is 0. The molecule has 0 saturated carbocycles. The fourth-order valence-corrected chi connectivity index (χ4v) is 7.98. The van der Waals surface area contributed by atoms with E-state index >= 15 is 0 Å². The first-order valence-electron chi connectivity index (χ1n) is 16.8. The van der Waals surface area contributed by atoms with Crippen LogP contribution in [0.1, 0.15) is 52.7 Å². The van der Waals surface area contributed by atoms with Gasteiger partial charge in [0.1, 0.15) is 11.5 Å². The van der Waals surface area contributed by atoms with Gasteiger partial charge in [0.15, 0.2) is 11.6 Å². The third-order valence-corrected chi connectivity index (χ3v) is 19.4. The fraction of sp³-hybridized carbons (Fsp3) is 0.286. The largest absolute Gasteiger partial charge is 0.543 e. The second-order valence-electron chi connectivity index (χ2n) is 16.0. The van der Waals surface area contributed by atoms with E-state index in [0.717, 1.165) is 43.8 Å². The summed E-state index contributed by atoms with van der Waals surface area (Å²) in [6.07, 6.45) is 6.85. The normalized spacial score (nSPS) is 15.9. The molecule has 0 aromatic heterocycles. The summed E-state index contributed by atoms with van der Waals surface area (Å²) in [5, 5.41) is 3.83. The molecule has 6 heteroatoms. The summed E-state index contributed by atoms with van der Waals surface area (Å²) in [5.41, 5.74) is 4.08. The van der Waals surface area contributed by atoms with Crippen molar-refractivity contribution >= 4 is 60.9 Å². The summed E-state index contributed by atoms with van der Waals surface area (Å²) < 4.78 is 14.0. The van der Waals surface area contributed by atoms with E-state index in [2.05, 4.69) is 104 Å². The number of rotatable bonds is 6. The van der Waals surface area contributed by atoms with E-state index in [0.29, 0.717) is 22.6 Å². The molecule has 0 fully saturated rings. The van der Waals surface area contributed by atoms with Gasteiger partial charge in [0.2, 0.25) is 0 Å². The third-order valence-electron chi connectivity index (χ3n) is 10.7. The molecule has 0 spiro atoms. The highest BCUT2D eigenvalue weighted by Crippen LogP contribution is 2.48. The first-order chi connectivity index (χ1) is 22.4. The van der Waals surface area contributed by atoms with Crippen molar-refractivity contribution in [3.05, 3.63) is 119 Å². The van der Waals surface area contributed by atoms with Gasteiger partial charge in [0, 0.05) is 22.3 Å². The molecule has 0 atom stereocenters. The first kappa shape index (κ1) is 33.6. The number of benzene rings is 4. The molecule has 4 nitrogen and oxygen atoms in total. The van der Waals surface area contributed by atoms with Gasteiger partial charge >= 0.3 is 0 Å². The van der Waals surface area contributed by atoms with Crippen LogP contribution in [0.25, 0.3) is 32.7 Å². The predicted octanol–water partition coefficient (Wildman–Crippen LogP) is 11.2. The van der Waals surface area contributed by atoms with Crippen LogP contribution >= 0.6 is 0 Å². The molecule has 0 amide bonds. The molecule has 0 aliphatic heterocycles. The van der Waals surface area contributed by atoms with E-state index in [1.54, 1.807) is 12.2 Å². The molecule has 0 heterocycles. The molecule has 0 radical (unpaired) electrons. The Hall–Kier alpha value is -4.27. The Morgan fingerprint density at radius 2 is 0.833 bits per heavy atom. The molecule has 0 unspecified atom stereocenters. The monoisotopic (exact) mass is 670 g/mol. The number of carbonyl (C=O) groups is 2. The third kappa shape index (κ3) is 5.75. The number of ketones is 2. The minimum atomic E-state index is -2.30. The molecule has 48 heavy (non-hydrogen) atoms. The Balaban J connectivity index is 1.68. The van der Waals surface area contributed by atoms with Crippen molar-refractivity contribution in [3.8, 4) is 11.5 Å². The van der Waals surface area contributed by atoms with Crippen molar-refractivity contribution < 1.29 is 18.4 Å². The second kappa shape index (κ2) is 11.7. The van der Waals surface area contributed by atoms with Gasteiger partial charge in [-0.15, -0.1) is 0 Å². The maximum Gasteiger partial charge on any atom is 0.250 e. The van der Waals surface area contributed by atoms with Crippen LogP contribution < -0.4 is 8.85 Å². The van der Waals surface area contributed by atoms with Crippen LogP contribution in [-0.4, -0.2) is 28.2 Å². The molecular weight excluding hydrogens is 625 g/mol. The van der Waals surface area contributed by atoms with E-state index in [4.69, 9.17) is 8.85 Å². The highest BCUT2D eigenvalue weighted by molar-refractivity contribution is 6.75. The van der Waals surface area contributed by atoms with Gasteiger partial charge < -0.3 is 8.85 Å². The molecule has 0 N–H and O–H groups in total. The highest BCUT2D eigenvalue weighted by atomic mass is 28.4. The maximum absolute atomic E-state index is 14.2. The lowest BCUT2D eigenvalue weighted by molar-refractivity contribution is -0.110. The van der Waals surface area contributed by atoms with Crippen molar-refractivity contribution in [1.29, 1.82) is 0 Å². The van der Waals surface area contributed by atoms with Gasteiger partial charge in [-0.05, 0) is 105 Å². The number of allylic oxidation sites excluding steroid dienone is 8. The van der Waals surface area contributed by atoms with Crippen molar-refractivity contribution in [2.75, 3.05) is 0 Å². The second-order valence-corrected chi connectivity index (χ2v) is 25.5. The van der Waals surface area contributed by atoms with Gasteiger partial charge in [-0.1, -0.05) is 102 Å².